The molecule has 0 unspecified atom stereocenters. The van der Waals surface area contributed by atoms with Crippen LogP contribution in [0.3, 0.4) is 0 Å². The van der Waals surface area contributed by atoms with Crippen LogP contribution >= 0.6 is 0 Å². The van der Waals surface area contributed by atoms with Crippen molar-refractivity contribution in [3.63, 3.8) is 0 Å². The van der Waals surface area contributed by atoms with Crippen LogP contribution in [0.2, 0.25) is 0 Å². The van der Waals surface area contributed by atoms with E-state index in [0.717, 1.165) is 5.56 Å². The topological polar surface area (TPSA) is 128 Å². The molecule has 3 amide bonds. The van der Waals surface area contributed by atoms with Crippen LogP contribution < -0.4 is 16.4 Å². The van der Waals surface area contributed by atoms with Crippen molar-refractivity contribution in [3.8, 4) is 0 Å². The third-order valence-electron chi connectivity index (χ3n) is 4.06. The maximum Gasteiger partial charge on any atom is 0.309 e. The average molecular weight is 397 g/mol. The molecule has 2 atom stereocenters. The first-order chi connectivity index (χ1) is 13.8. The number of carbonyl (C=O) groups excluding carboxylic acids is 4. The van der Waals surface area contributed by atoms with Gasteiger partial charge in [-0.05, 0) is 36.8 Å². The third kappa shape index (κ3) is 6.76. The second-order valence-corrected chi connectivity index (χ2v) is 6.43. The molecule has 2 aromatic rings. The Kier molecular flexibility index (Phi) is 7.47. The zero-order chi connectivity index (χ0) is 21.4. The lowest BCUT2D eigenvalue weighted by Gasteiger charge is -2.19. The molecule has 4 N–H and O–H groups in total. The number of primary amides is 1. The Bertz CT molecular complexity index is 881. The van der Waals surface area contributed by atoms with E-state index in [1.165, 1.54) is 38.1 Å². The molecule has 8 nitrogen and oxygen atoms in total. The first-order valence-corrected chi connectivity index (χ1v) is 8.98. The average Bonchev–Trinajstić information content (AvgIpc) is 2.68. The molecule has 0 saturated heterocycles. The van der Waals surface area contributed by atoms with Crippen molar-refractivity contribution >= 4 is 29.4 Å². The number of benzene rings is 2. The Morgan fingerprint density at radius 2 is 1.62 bits per heavy atom. The fourth-order valence-corrected chi connectivity index (χ4v) is 2.61. The number of rotatable bonds is 8. The van der Waals surface area contributed by atoms with Gasteiger partial charge in [0.2, 0.25) is 11.8 Å². The van der Waals surface area contributed by atoms with Gasteiger partial charge in [-0.25, -0.2) is 0 Å². The summed E-state index contributed by atoms with van der Waals surface area (Å²) in [6.45, 7) is 2.81. The highest BCUT2D eigenvalue weighted by molar-refractivity contribution is 5.96. The largest absolute Gasteiger partial charge is 0.452 e. The zero-order valence-electron chi connectivity index (χ0n) is 16.2. The van der Waals surface area contributed by atoms with Crippen LogP contribution in [0.1, 0.15) is 42.2 Å². The predicted molar refractivity (Wildman–Crippen MR) is 107 cm³/mol. The van der Waals surface area contributed by atoms with E-state index in [-0.39, 0.29) is 12.3 Å². The molecular formula is C21H23N3O5. The minimum Gasteiger partial charge on any atom is -0.452 e. The lowest BCUT2D eigenvalue weighted by Crippen LogP contribution is -2.33. The molecule has 152 valence electrons. The van der Waals surface area contributed by atoms with Crippen molar-refractivity contribution in [2.75, 3.05) is 5.32 Å². The van der Waals surface area contributed by atoms with Gasteiger partial charge in [0.15, 0.2) is 6.10 Å². The second kappa shape index (κ2) is 10.0. The Balaban J connectivity index is 1.94. The van der Waals surface area contributed by atoms with Gasteiger partial charge in [-0.2, -0.15) is 0 Å². The number of ether oxygens (including phenoxy) is 1. The van der Waals surface area contributed by atoms with Gasteiger partial charge < -0.3 is 21.1 Å². The number of amides is 3. The quantitative estimate of drug-likeness (QED) is 0.587. The molecule has 0 spiro atoms. The standard InChI is InChI=1S/C21H23N3O5/c1-13(21(28)24-17-10-8-16(9-11-17)20(22)27)29-19(26)12-18(23-14(2)25)15-6-4-3-5-7-15/h3-11,13,18H,12H2,1-2H3,(H2,22,27)(H,23,25)(H,24,28)/t13-,18+/m0/s1. The molecule has 2 rings (SSSR count). The predicted octanol–water partition coefficient (Wildman–Crippen LogP) is 1.92. The number of anilines is 1. The summed E-state index contributed by atoms with van der Waals surface area (Å²) in [5.74, 6) is -2.01. The van der Waals surface area contributed by atoms with Gasteiger partial charge in [-0.3, -0.25) is 19.2 Å². The van der Waals surface area contributed by atoms with E-state index < -0.39 is 29.9 Å². The Labute approximate surface area is 168 Å². The molecule has 0 aromatic heterocycles. The zero-order valence-corrected chi connectivity index (χ0v) is 16.2. The van der Waals surface area contributed by atoms with Gasteiger partial charge in [-0.15, -0.1) is 0 Å². The van der Waals surface area contributed by atoms with Crippen LogP contribution in [0.5, 0.6) is 0 Å². The van der Waals surface area contributed by atoms with E-state index >= 15 is 0 Å². The van der Waals surface area contributed by atoms with Gasteiger partial charge >= 0.3 is 5.97 Å². The summed E-state index contributed by atoms with van der Waals surface area (Å²) in [6, 6.07) is 14.5. The molecular weight excluding hydrogens is 374 g/mol. The molecule has 2 aromatic carbocycles. The Morgan fingerprint density at radius 1 is 1.00 bits per heavy atom. The first kappa shape index (κ1) is 21.6. The molecule has 0 aliphatic rings. The number of hydrogen-bond donors (Lipinski definition) is 3. The molecule has 0 saturated carbocycles. The van der Waals surface area contributed by atoms with E-state index in [0.29, 0.717) is 11.3 Å². The number of hydrogen-bond acceptors (Lipinski definition) is 5. The van der Waals surface area contributed by atoms with Gasteiger partial charge in [0.05, 0.1) is 12.5 Å². The number of nitrogens with one attached hydrogen (secondary N) is 2. The van der Waals surface area contributed by atoms with Crippen molar-refractivity contribution in [1.29, 1.82) is 0 Å². The number of nitrogens with two attached hydrogens (primary N) is 1. The first-order valence-electron chi connectivity index (χ1n) is 8.98. The van der Waals surface area contributed by atoms with Crippen molar-refractivity contribution in [2.24, 2.45) is 5.73 Å². The minimum atomic E-state index is -1.05. The van der Waals surface area contributed by atoms with Crippen LogP contribution in [0, 0.1) is 0 Å². The van der Waals surface area contributed by atoms with E-state index in [4.69, 9.17) is 10.5 Å². The number of carbonyl (C=O) groups is 4. The highest BCUT2D eigenvalue weighted by atomic mass is 16.5. The lowest BCUT2D eigenvalue weighted by molar-refractivity contribution is -0.153. The SMILES string of the molecule is CC(=O)N[C@H](CC(=O)O[C@@H](C)C(=O)Nc1ccc(C(N)=O)cc1)c1ccccc1. The summed E-state index contributed by atoms with van der Waals surface area (Å²) in [6.07, 6.45) is -1.17. The third-order valence-corrected chi connectivity index (χ3v) is 4.06. The second-order valence-electron chi connectivity index (χ2n) is 6.43. The van der Waals surface area contributed by atoms with E-state index in [9.17, 15) is 19.2 Å². The minimum absolute atomic E-state index is 0.117. The summed E-state index contributed by atoms with van der Waals surface area (Å²) in [4.78, 5) is 47.1. The van der Waals surface area contributed by atoms with Crippen LogP contribution in [0.25, 0.3) is 0 Å². The molecule has 8 heteroatoms. The summed E-state index contributed by atoms with van der Waals surface area (Å²) < 4.78 is 5.20. The fourth-order valence-electron chi connectivity index (χ4n) is 2.61. The summed E-state index contributed by atoms with van der Waals surface area (Å²) in [7, 11) is 0. The monoisotopic (exact) mass is 397 g/mol. The molecule has 29 heavy (non-hydrogen) atoms. The van der Waals surface area contributed by atoms with Gasteiger partial charge in [0.25, 0.3) is 5.91 Å². The lowest BCUT2D eigenvalue weighted by atomic mass is 10.0. The van der Waals surface area contributed by atoms with E-state index in [2.05, 4.69) is 10.6 Å². The molecule has 0 fully saturated rings. The van der Waals surface area contributed by atoms with Crippen molar-refractivity contribution in [1.82, 2.24) is 5.32 Å². The molecule has 0 radical (unpaired) electrons. The smallest absolute Gasteiger partial charge is 0.309 e. The Hall–Kier alpha value is -3.68. The molecule has 0 aliphatic heterocycles. The van der Waals surface area contributed by atoms with Gasteiger partial charge in [0, 0.05) is 18.2 Å². The van der Waals surface area contributed by atoms with Crippen LogP contribution in [-0.4, -0.2) is 29.8 Å². The van der Waals surface area contributed by atoms with Gasteiger partial charge in [-0.1, -0.05) is 30.3 Å². The summed E-state index contributed by atoms with van der Waals surface area (Å²) >= 11 is 0. The maximum absolute atomic E-state index is 12.3. The van der Waals surface area contributed by atoms with E-state index in [1.54, 1.807) is 24.3 Å². The van der Waals surface area contributed by atoms with Crippen molar-refractivity contribution in [3.05, 3.63) is 65.7 Å². The van der Waals surface area contributed by atoms with Crippen molar-refractivity contribution in [2.45, 2.75) is 32.4 Å². The maximum atomic E-state index is 12.3. The molecule has 0 aliphatic carbocycles. The molecule has 0 bridgehead atoms. The number of esters is 1. The van der Waals surface area contributed by atoms with E-state index in [1.807, 2.05) is 6.07 Å². The summed E-state index contributed by atoms with van der Waals surface area (Å²) in [5, 5.41) is 5.30. The van der Waals surface area contributed by atoms with Crippen molar-refractivity contribution < 1.29 is 23.9 Å². The van der Waals surface area contributed by atoms with Crippen LogP contribution in [0.4, 0.5) is 5.69 Å². The van der Waals surface area contributed by atoms with Crippen LogP contribution in [-0.2, 0) is 19.1 Å². The Morgan fingerprint density at radius 3 is 2.17 bits per heavy atom. The molecule has 0 heterocycles. The normalized spacial score (nSPS) is 12.3. The highest BCUT2D eigenvalue weighted by Gasteiger charge is 2.22. The summed E-state index contributed by atoms with van der Waals surface area (Å²) in [5.41, 5.74) is 6.67. The van der Waals surface area contributed by atoms with Gasteiger partial charge in [0.1, 0.15) is 0 Å². The fraction of sp³-hybridized carbons (Fsp3) is 0.238. The highest BCUT2D eigenvalue weighted by Crippen LogP contribution is 2.18. The van der Waals surface area contributed by atoms with Crippen LogP contribution in [0.15, 0.2) is 54.6 Å².